The van der Waals surface area contributed by atoms with Crippen LogP contribution in [0.15, 0.2) is 52.0 Å². The summed E-state index contributed by atoms with van der Waals surface area (Å²) in [7, 11) is 3.15. The van der Waals surface area contributed by atoms with E-state index < -0.39 is 5.91 Å². The minimum absolute atomic E-state index is 0.209. The van der Waals surface area contributed by atoms with Crippen LogP contribution in [0.5, 0.6) is 11.5 Å². The summed E-state index contributed by atoms with van der Waals surface area (Å²) in [5.41, 5.74) is 3.88. The third-order valence-corrected chi connectivity index (χ3v) is 4.29. The van der Waals surface area contributed by atoms with E-state index in [1.54, 1.807) is 32.4 Å². The Morgan fingerprint density at radius 2 is 2.00 bits per heavy atom. The van der Waals surface area contributed by atoms with E-state index in [1.807, 2.05) is 24.3 Å². The number of nitrogens with zero attached hydrogens (tertiary/aromatic N) is 1. The highest BCUT2D eigenvalue weighted by atomic mass is 127. The Labute approximate surface area is 157 Å². The van der Waals surface area contributed by atoms with Gasteiger partial charge < -0.3 is 13.9 Å². The number of methoxy groups -OCH3 is 2. The van der Waals surface area contributed by atoms with Crippen molar-refractivity contribution in [3.8, 4) is 11.5 Å². The maximum absolute atomic E-state index is 12.1. The smallest absolute Gasteiger partial charge is 0.307 e. The van der Waals surface area contributed by atoms with Gasteiger partial charge in [0.05, 0.1) is 24.0 Å². The average Bonchev–Trinajstić information content (AvgIpc) is 3.05. The number of nitrogens with one attached hydrogen (secondary N) is 1. The number of furan rings is 1. The molecule has 0 fully saturated rings. The van der Waals surface area contributed by atoms with E-state index >= 15 is 0 Å². The molecule has 0 saturated heterocycles. The average molecular weight is 450 g/mol. The molecular formula is C18H15IN2O4. The van der Waals surface area contributed by atoms with Crippen molar-refractivity contribution >= 4 is 45.7 Å². The fourth-order valence-electron chi connectivity index (χ4n) is 2.33. The molecule has 1 heterocycles. The minimum Gasteiger partial charge on any atom is -0.493 e. The number of para-hydroxylation sites is 1. The van der Waals surface area contributed by atoms with Crippen molar-refractivity contribution in [2.75, 3.05) is 14.2 Å². The first-order valence-corrected chi connectivity index (χ1v) is 8.43. The third-order valence-electron chi connectivity index (χ3n) is 3.48. The zero-order valence-corrected chi connectivity index (χ0v) is 15.7. The lowest BCUT2D eigenvalue weighted by molar-refractivity contribution is 0.0929. The number of hydrazone groups is 1. The molecule has 3 rings (SSSR count). The molecule has 0 unspecified atom stereocenters. The number of hydrogen-bond acceptors (Lipinski definition) is 5. The van der Waals surface area contributed by atoms with Gasteiger partial charge in [-0.25, -0.2) is 5.43 Å². The predicted octanol–water partition coefficient (Wildman–Crippen LogP) is 3.82. The Kier molecular flexibility index (Phi) is 5.22. The maximum atomic E-state index is 12.1. The summed E-state index contributed by atoms with van der Waals surface area (Å²) in [5, 5.41) is 4.84. The Hall–Kier alpha value is -2.55. The van der Waals surface area contributed by atoms with Crippen molar-refractivity contribution in [2.24, 2.45) is 5.10 Å². The number of carbonyl (C=O) groups excluding carboxylic acids is 1. The van der Waals surface area contributed by atoms with Gasteiger partial charge in [0.1, 0.15) is 5.58 Å². The van der Waals surface area contributed by atoms with Gasteiger partial charge in [-0.05, 0) is 52.4 Å². The molecule has 0 saturated carbocycles. The largest absolute Gasteiger partial charge is 0.493 e. The van der Waals surface area contributed by atoms with E-state index in [1.165, 1.54) is 6.21 Å². The quantitative estimate of drug-likeness (QED) is 0.365. The fourth-order valence-corrected chi connectivity index (χ4v) is 3.17. The summed E-state index contributed by atoms with van der Waals surface area (Å²) in [5.74, 6) is 1.05. The Balaban J connectivity index is 1.74. The number of amides is 1. The molecule has 0 aliphatic heterocycles. The zero-order valence-electron chi connectivity index (χ0n) is 13.6. The second kappa shape index (κ2) is 7.56. The highest BCUT2D eigenvalue weighted by Crippen LogP contribution is 2.33. The van der Waals surface area contributed by atoms with Crippen LogP contribution in [0.4, 0.5) is 0 Å². The summed E-state index contributed by atoms with van der Waals surface area (Å²) in [6, 6.07) is 12.8. The van der Waals surface area contributed by atoms with Crippen LogP contribution in [0, 0.1) is 3.57 Å². The number of halogens is 1. The van der Waals surface area contributed by atoms with E-state index in [9.17, 15) is 4.79 Å². The Bertz CT molecular complexity index is 916. The molecule has 25 heavy (non-hydrogen) atoms. The van der Waals surface area contributed by atoms with Crippen LogP contribution in [0.3, 0.4) is 0 Å². The van der Waals surface area contributed by atoms with Gasteiger partial charge in [-0.3, -0.25) is 4.79 Å². The Morgan fingerprint density at radius 3 is 2.72 bits per heavy atom. The molecule has 2 aromatic carbocycles. The third kappa shape index (κ3) is 3.76. The fraction of sp³-hybridized carbons (Fsp3) is 0.111. The van der Waals surface area contributed by atoms with Crippen molar-refractivity contribution in [1.82, 2.24) is 5.43 Å². The zero-order chi connectivity index (χ0) is 17.8. The first-order chi connectivity index (χ1) is 12.1. The lowest BCUT2D eigenvalue weighted by Crippen LogP contribution is -2.16. The number of rotatable bonds is 5. The molecule has 128 valence electrons. The highest BCUT2D eigenvalue weighted by Gasteiger charge is 2.12. The topological polar surface area (TPSA) is 73.1 Å². The molecule has 0 aliphatic rings. The van der Waals surface area contributed by atoms with Gasteiger partial charge in [0.25, 0.3) is 0 Å². The van der Waals surface area contributed by atoms with Crippen molar-refractivity contribution in [2.45, 2.75) is 0 Å². The van der Waals surface area contributed by atoms with E-state index in [0.29, 0.717) is 17.1 Å². The highest BCUT2D eigenvalue weighted by molar-refractivity contribution is 14.1. The normalized spacial score (nSPS) is 11.0. The standard InChI is InChI=1S/C18H15IN2O4/c1-23-15-8-11(7-13(19)17(15)24-2)10-20-21-18(22)16-9-12-5-3-4-6-14(12)25-16/h3-10H,1-2H3,(H,21,22). The van der Waals surface area contributed by atoms with Crippen LogP contribution in [-0.2, 0) is 0 Å². The molecule has 0 bridgehead atoms. The maximum Gasteiger partial charge on any atom is 0.307 e. The molecule has 1 amide bonds. The van der Waals surface area contributed by atoms with Crippen molar-refractivity contribution < 1.29 is 18.7 Å². The second-order valence-electron chi connectivity index (χ2n) is 5.09. The minimum atomic E-state index is -0.414. The van der Waals surface area contributed by atoms with Crippen molar-refractivity contribution in [1.29, 1.82) is 0 Å². The molecule has 6 nitrogen and oxygen atoms in total. The van der Waals surface area contributed by atoms with Gasteiger partial charge in [-0.1, -0.05) is 18.2 Å². The summed E-state index contributed by atoms with van der Waals surface area (Å²) in [6.07, 6.45) is 1.53. The van der Waals surface area contributed by atoms with Crippen molar-refractivity contribution in [3.63, 3.8) is 0 Å². The summed E-state index contributed by atoms with van der Waals surface area (Å²) in [4.78, 5) is 12.1. The van der Waals surface area contributed by atoms with Crippen LogP contribution in [0.2, 0.25) is 0 Å². The first-order valence-electron chi connectivity index (χ1n) is 7.36. The lowest BCUT2D eigenvalue weighted by atomic mass is 10.2. The second-order valence-corrected chi connectivity index (χ2v) is 6.25. The number of benzene rings is 2. The predicted molar refractivity (Wildman–Crippen MR) is 104 cm³/mol. The Morgan fingerprint density at radius 1 is 1.20 bits per heavy atom. The summed E-state index contributed by atoms with van der Waals surface area (Å²) >= 11 is 2.15. The molecule has 0 aliphatic carbocycles. The van der Waals surface area contributed by atoms with Gasteiger partial charge in [0, 0.05) is 5.39 Å². The van der Waals surface area contributed by atoms with Crippen LogP contribution in [-0.4, -0.2) is 26.3 Å². The van der Waals surface area contributed by atoms with E-state index in [2.05, 4.69) is 33.1 Å². The number of fused-ring (bicyclic) bond motifs is 1. The van der Waals surface area contributed by atoms with Crippen LogP contribution < -0.4 is 14.9 Å². The number of hydrogen-bond donors (Lipinski definition) is 1. The van der Waals surface area contributed by atoms with Gasteiger partial charge >= 0.3 is 5.91 Å². The lowest BCUT2D eigenvalue weighted by Gasteiger charge is -2.10. The summed E-state index contributed by atoms with van der Waals surface area (Å²) in [6.45, 7) is 0. The van der Waals surface area contributed by atoms with E-state index in [-0.39, 0.29) is 5.76 Å². The molecule has 0 radical (unpaired) electrons. The van der Waals surface area contributed by atoms with Gasteiger partial charge in [0.15, 0.2) is 17.3 Å². The molecule has 3 aromatic rings. The number of carbonyl (C=O) groups is 1. The molecule has 7 heteroatoms. The summed E-state index contributed by atoms with van der Waals surface area (Å²) < 4.78 is 17.0. The molecule has 0 atom stereocenters. The van der Waals surface area contributed by atoms with Gasteiger partial charge in [0.2, 0.25) is 0 Å². The van der Waals surface area contributed by atoms with Gasteiger partial charge in [-0.2, -0.15) is 5.10 Å². The molecular weight excluding hydrogens is 435 g/mol. The SMILES string of the molecule is COc1cc(C=NNC(=O)c2cc3ccccc3o2)cc(I)c1OC. The molecule has 1 aromatic heterocycles. The van der Waals surface area contributed by atoms with Crippen LogP contribution in [0.1, 0.15) is 16.1 Å². The van der Waals surface area contributed by atoms with Crippen LogP contribution in [0.25, 0.3) is 11.0 Å². The molecule has 1 N–H and O–H groups in total. The van der Waals surface area contributed by atoms with Crippen molar-refractivity contribution in [3.05, 3.63) is 57.4 Å². The number of ether oxygens (including phenoxy) is 2. The first kappa shape index (κ1) is 17.3. The van der Waals surface area contributed by atoms with E-state index in [0.717, 1.165) is 14.5 Å². The van der Waals surface area contributed by atoms with E-state index in [4.69, 9.17) is 13.9 Å². The van der Waals surface area contributed by atoms with Crippen LogP contribution >= 0.6 is 22.6 Å². The van der Waals surface area contributed by atoms with Gasteiger partial charge in [-0.15, -0.1) is 0 Å². The molecule has 0 spiro atoms. The monoisotopic (exact) mass is 450 g/mol.